The van der Waals surface area contributed by atoms with E-state index in [0.29, 0.717) is 16.8 Å². The molecule has 0 aromatic carbocycles. The summed E-state index contributed by atoms with van der Waals surface area (Å²) in [7, 11) is 0. The van der Waals surface area contributed by atoms with Gasteiger partial charge >= 0.3 is 0 Å². The molecule has 1 aromatic rings. The minimum Gasteiger partial charge on any atom is -0.314 e. The van der Waals surface area contributed by atoms with Crippen molar-refractivity contribution in [2.75, 3.05) is 17.8 Å². The van der Waals surface area contributed by atoms with Gasteiger partial charge in [-0.2, -0.15) is 4.39 Å². The van der Waals surface area contributed by atoms with Gasteiger partial charge < -0.3 is 4.72 Å². The summed E-state index contributed by atoms with van der Waals surface area (Å²) in [4.78, 5) is 5.96. The molecule has 1 aromatic heterocycles. The van der Waals surface area contributed by atoms with Gasteiger partial charge in [0.25, 0.3) is 0 Å². The number of hydrogen-bond donors (Lipinski definition) is 1. The molecule has 1 aliphatic heterocycles. The Labute approximate surface area is 144 Å². The standard InChI is InChI=1S/C16H20ClF2N3S/c1-9-7-22(8-9)11-6-10(2)16(15(19)14(11)17)23-21-13-5-3-4-12(18)20-13/h3-5,9-11,16H,6-8H2,1-2H3,(H,20,21). The number of likely N-dealkylation sites (tertiary alicyclic amines) is 1. The Morgan fingerprint density at radius 3 is 2.70 bits per heavy atom. The van der Waals surface area contributed by atoms with Crippen molar-refractivity contribution in [3.63, 3.8) is 0 Å². The van der Waals surface area contributed by atoms with Crippen molar-refractivity contribution in [2.45, 2.75) is 31.6 Å². The average Bonchev–Trinajstić information content (AvgIpc) is 2.48. The van der Waals surface area contributed by atoms with E-state index in [1.54, 1.807) is 12.1 Å². The van der Waals surface area contributed by atoms with Gasteiger partial charge in [-0.25, -0.2) is 9.37 Å². The molecule has 1 saturated heterocycles. The summed E-state index contributed by atoms with van der Waals surface area (Å²) in [5.41, 5.74) is 0. The molecule has 0 spiro atoms. The highest BCUT2D eigenvalue weighted by molar-refractivity contribution is 8.01. The molecule has 1 fully saturated rings. The fourth-order valence-corrected chi connectivity index (χ4v) is 4.54. The molecule has 3 rings (SSSR count). The summed E-state index contributed by atoms with van der Waals surface area (Å²) in [5, 5.41) is -0.0657. The van der Waals surface area contributed by atoms with E-state index < -0.39 is 5.95 Å². The number of halogens is 3. The van der Waals surface area contributed by atoms with Crippen LogP contribution in [-0.4, -0.2) is 34.3 Å². The lowest BCUT2D eigenvalue weighted by molar-refractivity contribution is 0.0653. The topological polar surface area (TPSA) is 28.2 Å². The van der Waals surface area contributed by atoms with E-state index in [2.05, 4.69) is 21.5 Å². The molecule has 0 radical (unpaired) electrons. The van der Waals surface area contributed by atoms with E-state index in [9.17, 15) is 8.78 Å². The van der Waals surface area contributed by atoms with Crippen molar-refractivity contribution in [3.05, 3.63) is 35.0 Å². The van der Waals surface area contributed by atoms with E-state index in [1.807, 2.05) is 6.92 Å². The zero-order valence-corrected chi connectivity index (χ0v) is 14.7. The zero-order chi connectivity index (χ0) is 16.6. The van der Waals surface area contributed by atoms with Gasteiger partial charge in [-0.15, -0.1) is 0 Å². The lowest BCUT2D eigenvalue weighted by Gasteiger charge is -2.46. The maximum absolute atomic E-state index is 14.7. The number of rotatable bonds is 4. The summed E-state index contributed by atoms with van der Waals surface area (Å²) < 4.78 is 30.7. The number of pyridine rings is 1. The van der Waals surface area contributed by atoms with Crippen molar-refractivity contribution in [3.8, 4) is 0 Å². The van der Waals surface area contributed by atoms with Crippen LogP contribution in [0, 0.1) is 17.8 Å². The van der Waals surface area contributed by atoms with Gasteiger partial charge in [-0.1, -0.05) is 31.5 Å². The van der Waals surface area contributed by atoms with Crippen molar-refractivity contribution >= 4 is 29.4 Å². The first-order chi connectivity index (χ1) is 11.0. The Bertz CT molecular complexity index is 607. The Kier molecular flexibility index (Phi) is 5.13. The van der Waals surface area contributed by atoms with Crippen LogP contribution < -0.4 is 4.72 Å². The van der Waals surface area contributed by atoms with E-state index in [4.69, 9.17) is 11.6 Å². The first-order valence-electron chi connectivity index (χ1n) is 7.79. The van der Waals surface area contributed by atoms with Crippen molar-refractivity contribution < 1.29 is 8.78 Å². The predicted octanol–water partition coefficient (Wildman–Crippen LogP) is 4.43. The van der Waals surface area contributed by atoms with Crippen LogP contribution in [-0.2, 0) is 0 Å². The van der Waals surface area contributed by atoms with Gasteiger partial charge in [-0.3, -0.25) is 4.90 Å². The molecule has 3 nitrogen and oxygen atoms in total. The van der Waals surface area contributed by atoms with E-state index >= 15 is 0 Å². The third-order valence-corrected chi connectivity index (χ3v) is 6.11. The third-order valence-electron chi connectivity index (χ3n) is 4.42. The van der Waals surface area contributed by atoms with Gasteiger partial charge in [0.1, 0.15) is 11.6 Å². The van der Waals surface area contributed by atoms with Gasteiger partial charge in [0.05, 0.1) is 10.3 Å². The Balaban J connectivity index is 1.68. The van der Waals surface area contributed by atoms with Crippen LogP contribution in [0.2, 0.25) is 0 Å². The molecule has 1 N–H and O–H groups in total. The van der Waals surface area contributed by atoms with E-state index in [0.717, 1.165) is 19.5 Å². The predicted molar refractivity (Wildman–Crippen MR) is 91.5 cm³/mol. The van der Waals surface area contributed by atoms with Crippen molar-refractivity contribution in [2.24, 2.45) is 11.8 Å². The number of nitrogens with zero attached hydrogens (tertiary/aromatic N) is 2. The molecular weight excluding hydrogens is 340 g/mol. The minimum atomic E-state index is -0.562. The van der Waals surface area contributed by atoms with Crippen LogP contribution >= 0.6 is 23.5 Å². The molecule has 3 unspecified atom stereocenters. The maximum atomic E-state index is 14.7. The summed E-state index contributed by atoms with van der Waals surface area (Å²) in [6, 6.07) is 4.48. The van der Waals surface area contributed by atoms with Crippen LogP contribution in [0.5, 0.6) is 0 Å². The lowest BCUT2D eigenvalue weighted by atomic mass is 9.87. The lowest BCUT2D eigenvalue weighted by Crippen LogP contribution is -2.53. The van der Waals surface area contributed by atoms with E-state index in [-0.39, 0.29) is 23.0 Å². The maximum Gasteiger partial charge on any atom is 0.214 e. The van der Waals surface area contributed by atoms with Crippen LogP contribution in [0.3, 0.4) is 0 Å². The highest BCUT2D eigenvalue weighted by atomic mass is 35.5. The molecule has 3 atom stereocenters. The molecular formula is C16H20ClF2N3S. The summed E-state index contributed by atoms with van der Waals surface area (Å²) >= 11 is 7.51. The molecule has 7 heteroatoms. The van der Waals surface area contributed by atoms with Crippen molar-refractivity contribution in [1.82, 2.24) is 9.88 Å². The fourth-order valence-electron chi connectivity index (χ4n) is 3.19. The van der Waals surface area contributed by atoms with Crippen LogP contribution in [0.15, 0.2) is 29.1 Å². The number of aromatic nitrogens is 1. The smallest absolute Gasteiger partial charge is 0.214 e. The average molecular weight is 360 g/mol. The molecule has 2 heterocycles. The Morgan fingerprint density at radius 2 is 2.04 bits per heavy atom. The highest BCUT2D eigenvalue weighted by Gasteiger charge is 2.40. The van der Waals surface area contributed by atoms with Crippen LogP contribution in [0.1, 0.15) is 20.3 Å². The number of nitrogens with one attached hydrogen (secondary N) is 1. The zero-order valence-electron chi connectivity index (χ0n) is 13.1. The molecule has 1 aliphatic carbocycles. The largest absolute Gasteiger partial charge is 0.314 e. The number of anilines is 1. The number of hydrogen-bond acceptors (Lipinski definition) is 4. The SMILES string of the molecule is CC1CN(C2CC(C)C(SNc3cccc(F)n3)C(F)=C2Cl)C1. The summed E-state index contributed by atoms with van der Waals surface area (Å²) in [6.45, 7) is 6.16. The minimum absolute atomic E-state index is 0.00740. The second-order valence-electron chi connectivity index (χ2n) is 6.47. The monoisotopic (exact) mass is 359 g/mol. The second-order valence-corrected chi connectivity index (χ2v) is 7.82. The second kappa shape index (κ2) is 6.95. The summed E-state index contributed by atoms with van der Waals surface area (Å²) in [6.07, 6.45) is 0.828. The van der Waals surface area contributed by atoms with E-state index in [1.165, 1.54) is 18.0 Å². The fraction of sp³-hybridized carbons (Fsp3) is 0.562. The molecule has 0 saturated carbocycles. The molecule has 0 bridgehead atoms. The van der Waals surface area contributed by atoms with Crippen LogP contribution in [0.25, 0.3) is 0 Å². The Morgan fingerprint density at radius 1 is 1.30 bits per heavy atom. The first-order valence-corrected chi connectivity index (χ1v) is 9.04. The van der Waals surface area contributed by atoms with Gasteiger partial charge in [0.15, 0.2) is 0 Å². The highest BCUT2D eigenvalue weighted by Crippen LogP contribution is 2.42. The van der Waals surface area contributed by atoms with Gasteiger partial charge in [0, 0.05) is 19.1 Å². The molecule has 23 heavy (non-hydrogen) atoms. The first kappa shape index (κ1) is 17.0. The third kappa shape index (κ3) is 3.64. The molecule has 126 valence electrons. The van der Waals surface area contributed by atoms with Crippen molar-refractivity contribution in [1.29, 1.82) is 0 Å². The van der Waals surface area contributed by atoms with Gasteiger partial charge in [-0.05, 0) is 42.3 Å². The molecule has 2 aliphatic rings. The summed E-state index contributed by atoms with van der Waals surface area (Å²) in [5.74, 6) is 0.331. The normalized spacial score (nSPS) is 29.5. The quantitative estimate of drug-likeness (QED) is 0.636. The van der Waals surface area contributed by atoms with Crippen LogP contribution in [0.4, 0.5) is 14.6 Å². The Hall–Kier alpha value is -0.850. The van der Waals surface area contributed by atoms with Gasteiger partial charge in [0.2, 0.25) is 5.95 Å². The molecule has 0 amide bonds.